The SMILES string of the molecule is C1=Cc2cccc3cccc1c23.[O-][Cl+3]([O-])([O-])[O-].[O-][Cl+3]([O-])([O-])[O-]. The van der Waals surface area contributed by atoms with Crippen molar-refractivity contribution in [3.05, 3.63) is 47.5 Å². The molecule has 120 valence electrons. The van der Waals surface area contributed by atoms with E-state index >= 15 is 0 Å². The highest BCUT2D eigenvalue weighted by Crippen LogP contribution is 2.30. The largest absolute Gasteiger partial charge is 0.222 e. The molecule has 0 aliphatic heterocycles. The molecule has 0 radical (unpaired) electrons. The van der Waals surface area contributed by atoms with Crippen LogP contribution in [0.15, 0.2) is 36.4 Å². The Morgan fingerprint density at radius 2 is 0.864 bits per heavy atom. The summed E-state index contributed by atoms with van der Waals surface area (Å²) in [7, 11) is -9.89. The van der Waals surface area contributed by atoms with Crippen molar-refractivity contribution < 1.29 is 57.8 Å². The number of hydrogen-bond donors (Lipinski definition) is 0. The van der Waals surface area contributed by atoms with Gasteiger partial charge in [0.2, 0.25) is 0 Å². The second kappa shape index (κ2) is 7.31. The maximum Gasteiger partial charge on any atom is -0.00389 e. The van der Waals surface area contributed by atoms with Crippen LogP contribution in [0.2, 0.25) is 0 Å². The normalized spacial score (nSPS) is 12.4. The lowest BCUT2D eigenvalue weighted by atomic mass is 10.0. The van der Waals surface area contributed by atoms with Gasteiger partial charge in [0.15, 0.2) is 0 Å². The van der Waals surface area contributed by atoms with Crippen LogP contribution in [-0.2, 0) is 0 Å². The van der Waals surface area contributed by atoms with Gasteiger partial charge in [-0.05, 0) is 21.9 Å². The summed E-state index contributed by atoms with van der Waals surface area (Å²) in [6.07, 6.45) is 4.36. The molecule has 0 saturated heterocycles. The van der Waals surface area contributed by atoms with Crippen molar-refractivity contribution in [1.82, 2.24) is 0 Å². The van der Waals surface area contributed by atoms with Crippen LogP contribution in [0.25, 0.3) is 22.9 Å². The minimum Gasteiger partial charge on any atom is -0.222 e. The van der Waals surface area contributed by atoms with Crippen molar-refractivity contribution in [2.75, 3.05) is 0 Å². The van der Waals surface area contributed by atoms with Crippen LogP contribution >= 0.6 is 0 Å². The van der Waals surface area contributed by atoms with Gasteiger partial charge in [0.1, 0.15) is 0 Å². The molecule has 22 heavy (non-hydrogen) atoms. The number of benzene rings is 2. The molecule has 1 aliphatic rings. The Balaban J connectivity index is 0.000000206. The van der Waals surface area contributed by atoms with Gasteiger partial charge in [0.05, 0.1) is 0 Å². The standard InChI is InChI=1S/C12H8.2ClHO4/c1-3-9-4-2-6-11-8-7-10(5-1)12(9)11;2*2-1(3,4)5/h1-8H;2*(H,2,3,4,5)/p-2. The zero-order chi connectivity index (χ0) is 17.0. The van der Waals surface area contributed by atoms with Gasteiger partial charge in [-0.15, -0.1) is 20.5 Å². The first-order valence-corrected chi connectivity index (χ1v) is 7.85. The molecule has 10 heteroatoms. The van der Waals surface area contributed by atoms with Gasteiger partial charge < -0.3 is 0 Å². The summed E-state index contributed by atoms with van der Waals surface area (Å²) in [5.74, 6) is 0. The second-order valence-electron chi connectivity index (χ2n) is 3.88. The van der Waals surface area contributed by atoms with E-state index in [1.54, 1.807) is 0 Å². The average molecular weight is 351 g/mol. The third kappa shape index (κ3) is 7.64. The summed E-state index contributed by atoms with van der Waals surface area (Å²) in [6.45, 7) is 0. The maximum atomic E-state index is 8.49. The summed E-state index contributed by atoms with van der Waals surface area (Å²) in [6, 6.07) is 12.9. The predicted molar refractivity (Wildman–Crippen MR) is 52.9 cm³/mol. The first-order chi connectivity index (χ1) is 9.95. The minimum atomic E-state index is -4.94. The van der Waals surface area contributed by atoms with Gasteiger partial charge in [-0.2, -0.15) is 0 Å². The van der Waals surface area contributed by atoms with E-state index in [1.807, 2.05) is 0 Å². The van der Waals surface area contributed by atoms with E-state index in [0.29, 0.717) is 0 Å². The Hall–Kier alpha value is -1.30. The van der Waals surface area contributed by atoms with Crippen LogP contribution in [0.1, 0.15) is 11.1 Å². The molecule has 0 bridgehead atoms. The quantitative estimate of drug-likeness (QED) is 0.383. The fourth-order valence-electron chi connectivity index (χ4n) is 1.86. The number of rotatable bonds is 0. The van der Waals surface area contributed by atoms with Crippen LogP contribution in [-0.4, -0.2) is 0 Å². The van der Waals surface area contributed by atoms with E-state index in [1.165, 1.54) is 21.9 Å². The molecule has 3 rings (SSSR count). The van der Waals surface area contributed by atoms with Crippen molar-refractivity contribution >= 4 is 22.9 Å². The first-order valence-electron chi connectivity index (χ1n) is 5.38. The fourth-order valence-corrected chi connectivity index (χ4v) is 1.86. The Morgan fingerprint density at radius 1 is 0.545 bits per heavy atom. The molecule has 0 aromatic heterocycles. The molecule has 2 aromatic carbocycles. The van der Waals surface area contributed by atoms with Crippen molar-refractivity contribution in [3.8, 4) is 0 Å². The monoisotopic (exact) mass is 350 g/mol. The molecular weight excluding hydrogens is 343 g/mol. The summed E-state index contributed by atoms with van der Waals surface area (Å²) < 4.78 is 67.9. The van der Waals surface area contributed by atoms with E-state index in [2.05, 4.69) is 48.6 Å². The van der Waals surface area contributed by atoms with E-state index < -0.39 is 20.5 Å². The van der Waals surface area contributed by atoms with Crippen molar-refractivity contribution in [2.45, 2.75) is 0 Å². The molecule has 0 atom stereocenters. The van der Waals surface area contributed by atoms with Crippen molar-refractivity contribution in [3.63, 3.8) is 0 Å². The first kappa shape index (κ1) is 18.7. The van der Waals surface area contributed by atoms with Gasteiger partial charge >= 0.3 is 0 Å². The van der Waals surface area contributed by atoms with Gasteiger partial charge in [0.25, 0.3) is 0 Å². The highest BCUT2D eigenvalue weighted by Gasteiger charge is 2.06. The Bertz CT molecular complexity index is 595. The average Bonchev–Trinajstić information content (AvgIpc) is 2.71. The van der Waals surface area contributed by atoms with E-state index in [-0.39, 0.29) is 0 Å². The smallest absolute Gasteiger partial charge is 0.00389 e. The Labute approximate surface area is 128 Å². The Kier molecular flexibility index (Phi) is 6.23. The van der Waals surface area contributed by atoms with Crippen LogP contribution in [0.3, 0.4) is 0 Å². The Morgan fingerprint density at radius 3 is 1.18 bits per heavy atom. The van der Waals surface area contributed by atoms with Crippen molar-refractivity contribution in [1.29, 1.82) is 0 Å². The summed E-state index contributed by atoms with van der Waals surface area (Å²) in [5.41, 5.74) is 2.70. The molecule has 8 nitrogen and oxygen atoms in total. The predicted octanol–water partition coefficient (Wildman–Crippen LogP) is -6.19. The molecule has 0 fully saturated rings. The molecular formula is C12H8Cl2O8-2. The summed E-state index contributed by atoms with van der Waals surface area (Å²) in [5, 5.41) is 2.75. The lowest BCUT2D eigenvalue weighted by Crippen LogP contribution is -2.68. The molecule has 0 unspecified atom stereocenters. The molecule has 0 N–H and O–H groups in total. The lowest BCUT2D eigenvalue weighted by molar-refractivity contribution is -2.00. The summed E-state index contributed by atoms with van der Waals surface area (Å²) >= 11 is 0. The molecule has 2 aromatic rings. The number of hydrogen-bond acceptors (Lipinski definition) is 8. The topological polar surface area (TPSA) is 184 Å². The molecule has 0 spiro atoms. The maximum absolute atomic E-state index is 8.49. The molecule has 0 heterocycles. The number of halogens is 2. The fraction of sp³-hybridized carbons (Fsp3) is 0. The van der Waals surface area contributed by atoms with Crippen LogP contribution in [0.5, 0.6) is 0 Å². The second-order valence-corrected chi connectivity index (χ2v) is 5.39. The zero-order valence-electron chi connectivity index (χ0n) is 10.6. The van der Waals surface area contributed by atoms with Crippen molar-refractivity contribution in [2.24, 2.45) is 0 Å². The highest BCUT2D eigenvalue weighted by molar-refractivity contribution is 6.04. The molecule has 0 amide bonds. The van der Waals surface area contributed by atoms with E-state index in [0.717, 1.165) is 0 Å². The summed E-state index contributed by atoms with van der Waals surface area (Å²) in [4.78, 5) is 0. The van der Waals surface area contributed by atoms with Gasteiger partial charge in [-0.25, -0.2) is 37.3 Å². The van der Waals surface area contributed by atoms with Crippen LogP contribution < -0.4 is 37.3 Å². The minimum absolute atomic E-state index is 1.34. The van der Waals surface area contributed by atoms with E-state index in [9.17, 15) is 0 Å². The molecule has 1 aliphatic carbocycles. The molecule has 0 saturated carbocycles. The van der Waals surface area contributed by atoms with Gasteiger partial charge in [-0.1, -0.05) is 48.6 Å². The highest BCUT2D eigenvalue weighted by atomic mass is 35.7. The lowest BCUT2D eigenvalue weighted by Gasteiger charge is -2.17. The van der Waals surface area contributed by atoms with Gasteiger partial charge in [-0.3, -0.25) is 0 Å². The van der Waals surface area contributed by atoms with E-state index in [4.69, 9.17) is 37.3 Å². The zero-order valence-corrected chi connectivity index (χ0v) is 12.2. The van der Waals surface area contributed by atoms with Crippen LogP contribution in [0, 0.1) is 20.5 Å². The third-order valence-electron chi connectivity index (χ3n) is 2.41. The van der Waals surface area contributed by atoms with Gasteiger partial charge in [0, 0.05) is 0 Å². The third-order valence-corrected chi connectivity index (χ3v) is 2.41. The van der Waals surface area contributed by atoms with Crippen LogP contribution in [0.4, 0.5) is 0 Å².